The molecule has 1 atom stereocenters. The Balaban J connectivity index is 0.00000256. The first-order valence-electron chi connectivity index (χ1n) is 5.51. The topological polar surface area (TPSA) is 81.5 Å². The van der Waals surface area contributed by atoms with Crippen molar-refractivity contribution in [2.75, 3.05) is 13.7 Å². The van der Waals surface area contributed by atoms with E-state index in [1.54, 1.807) is 12.1 Å². The van der Waals surface area contributed by atoms with Gasteiger partial charge >= 0.3 is 0 Å². The molecule has 5 heteroatoms. The van der Waals surface area contributed by atoms with Crippen molar-refractivity contribution in [3.63, 3.8) is 0 Å². The average Bonchev–Trinajstić information content (AvgIpc) is 2.29. The molecular formula is C12H21ClN2O2. The predicted molar refractivity (Wildman–Crippen MR) is 71.7 cm³/mol. The summed E-state index contributed by atoms with van der Waals surface area (Å²) >= 11 is 0. The number of rotatable bonds is 6. The minimum Gasteiger partial charge on any atom is -0.504 e. The summed E-state index contributed by atoms with van der Waals surface area (Å²) in [6.07, 6.45) is 2.86. The van der Waals surface area contributed by atoms with E-state index in [9.17, 15) is 5.11 Å². The maximum absolute atomic E-state index is 9.61. The minimum absolute atomic E-state index is 0. The molecule has 4 nitrogen and oxygen atoms in total. The standard InChI is InChI=1S/C12H20N2O2.ClH/c1-16-12-6-5-9(8-11(12)15)10(14)4-2-3-7-13;/h5-6,8,10,15H,2-4,7,13-14H2,1H3;1H/t10-;/m1./s1. The van der Waals surface area contributed by atoms with Crippen LogP contribution in [0.2, 0.25) is 0 Å². The van der Waals surface area contributed by atoms with Crippen molar-refractivity contribution in [2.45, 2.75) is 25.3 Å². The Morgan fingerprint density at radius 3 is 2.59 bits per heavy atom. The number of phenolic OH excluding ortho intramolecular Hbond substituents is 1. The van der Waals surface area contributed by atoms with Crippen molar-refractivity contribution in [1.82, 2.24) is 0 Å². The number of ether oxygens (including phenoxy) is 1. The molecule has 0 unspecified atom stereocenters. The van der Waals surface area contributed by atoms with E-state index < -0.39 is 0 Å². The summed E-state index contributed by atoms with van der Waals surface area (Å²) < 4.78 is 4.97. The molecular weight excluding hydrogens is 240 g/mol. The first-order valence-corrected chi connectivity index (χ1v) is 5.51. The molecule has 0 heterocycles. The number of nitrogens with two attached hydrogens (primary N) is 2. The number of unbranched alkanes of at least 4 members (excludes halogenated alkanes) is 1. The van der Waals surface area contributed by atoms with Gasteiger partial charge in [-0.15, -0.1) is 12.4 Å². The van der Waals surface area contributed by atoms with E-state index >= 15 is 0 Å². The van der Waals surface area contributed by atoms with E-state index in [0.29, 0.717) is 12.3 Å². The zero-order chi connectivity index (χ0) is 12.0. The van der Waals surface area contributed by atoms with Crippen molar-refractivity contribution in [3.8, 4) is 11.5 Å². The van der Waals surface area contributed by atoms with Crippen molar-refractivity contribution in [1.29, 1.82) is 0 Å². The van der Waals surface area contributed by atoms with Gasteiger partial charge in [0.1, 0.15) is 0 Å². The molecule has 0 amide bonds. The molecule has 98 valence electrons. The van der Waals surface area contributed by atoms with E-state index in [-0.39, 0.29) is 24.2 Å². The third kappa shape index (κ3) is 4.81. The number of halogens is 1. The summed E-state index contributed by atoms with van der Waals surface area (Å²) in [7, 11) is 1.52. The summed E-state index contributed by atoms with van der Waals surface area (Å²) in [6, 6.07) is 5.22. The molecule has 0 aromatic heterocycles. The monoisotopic (exact) mass is 260 g/mol. The summed E-state index contributed by atoms with van der Waals surface area (Å²) in [4.78, 5) is 0. The van der Waals surface area contributed by atoms with Gasteiger partial charge in [0.15, 0.2) is 11.5 Å². The lowest BCUT2D eigenvalue weighted by molar-refractivity contribution is 0.372. The molecule has 0 aliphatic heterocycles. The Labute approximate surface area is 108 Å². The number of hydrogen-bond donors (Lipinski definition) is 3. The van der Waals surface area contributed by atoms with Crippen LogP contribution in [-0.2, 0) is 0 Å². The molecule has 0 fully saturated rings. The molecule has 1 aromatic carbocycles. The number of aromatic hydroxyl groups is 1. The second-order valence-corrected chi connectivity index (χ2v) is 3.82. The summed E-state index contributed by atoms with van der Waals surface area (Å²) in [6.45, 7) is 0.695. The van der Waals surface area contributed by atoms with Gasteiger partial charge in [0, 0.05) is 6.04 Å². The van der Waals surface area contributed by atoms with Gasteiger partial charge in [-0.05, 0) is 37.1 Å². The fourth-order valence-corrected chi connectivity index (χ4v) is 1.61. The number of phenols is 1. The van der Waals surface area contributed by atoms with Gasteiger partial charge in [0.2, 0.25) is 0 Å². The summed E-state index contributed by atoms with van der Waals surface area (Å²) in [5.41, 5.74) is 12.3. The molecule has 1 rings (SSSR count). The van der Waals surface area contributed by atoms with Crippen LogP contribution in [0.3, 0.4) is 0 Å². The van der Waals surface area contributed by atoms with Crippen LogP contribution in [0.4, 0.5) is 0 Å². The highest BCUT2D eigenvalue weighted by atomic mass is 35.5. The Bertz CT molecular complexity index is 334. The second-order valence-electron chi connectivity index (χ2n) is 3.82. The third-order valence-electron chi connectivity index (χ3n) is 2.60. The number of methoxy groups -OCH3 is 1. The van der Waals surface area contributed by atoms with Crippen LogP contribution in [-0.4, -0.2) is 18.8 Å². The average molecular weight is 261 g/mol. The smallest absolute Gasteiger partial charge is 0.160 e. The molecule has 0 saturated carbocycles. The van der Waals surface area contributed by atoms with Gasteiger partial charge in [-0.2, -0.15) is 0 Å². The lowest BCUT2D eigenvalue weighted by Gasteiger charge is -2.13. The number of hydrogen-bond acceptors (Lipinski definition) is 4. The molecule has 5 N–H and O–H groups in total. The fraction of sp³-hybridized carbons (Fsp3) is 0.500. The zero-order valence-electron chi connectivity index (χ0n) is 10.1. The second kappa shape index (κ2) is 8.17. The molecule has 0 radical (unpaired) electrons. The quantitative estimate of drug-likeness (QED) is 0.683. The Morgan fingerprint density at radius 1 is 1.35 bits per heavy atom. The van der Waals surface area contributed by atoms with Crippen LogP contribution in [0.5, 0.6) is 11.5 Å². The predicted octanol–water partition coefficient (Wildman–Crippen LogP) is 1.95. The van der Waals surface area contributed by atoms with Crippen LogP contribution < -0.4 is 16.2 Å². The Kier molecular flexibility index (Phi) is 7.70. The van der Waals surface area contributed by atoms with Gasteiger partial charge in [0.25, 0.3) is 0 Å². The summed E-state index contributed by atoms with van der Waals surface area (Å²) in [5.74, 6) is 0.604. The molecule has 17 heavy (non-hydrogen) atoms. The van der Waals surface area contributed by atoms with Crippen LogP contribution in [0.1, 0.15) is 30.9 Å². The first kappa shape index (κ1) is 16.0. The molecule has 0 aliphatic carbocycles. The third-order valence-corrected chi connectivity index (χ3v) is 2.60. The highest BCUT2D eigenvalue weighted by molar-refractivity contribution is 5.85. The first-order chi connectivity index (χ1) is 7.69. The Hall–Kier alpha value is -0.970. The van der Waals surface area contributed by atoms with Crippen molar-refractivity contribution in [2.24, 2.45) is 11.5 Å². The lowest BCUT2D eigenvalue weighted by Crippen LogP contribution is -2.11. The van der Waals surface area contributed by atoms with Gasteiger partial charge in [0.05, 0.1) is 7.11 Å². The highest BCUT2D eigenvalue weighted by Crippen LogP contribution is 2.29. The maximum Gasteiger partial charge on any atom is 0.160 e. The molecule has 0 saturated heterocycles. The van der Waals surface area contributed by atoms with Crippen LogP contribution in [0.25, 0.3) is 0 Å². The van der Waals surface area contributed by atoms with E-state index in [2.05, 4.69) is 0 Å². The van der Waals surface area contributed by atoms with Gasteiger partial charge in [-0.3, -0.25) is 0 Å². The number of benzene rings is 1. The SMILES string of the molecule is COc1ccc([C@H](N)CCCCN)cc1O.Cl. The highest BCUT2D eigenvalue weighted by Gasteiger charge is 2.08. The van der Waals surface area contributed by atoms with E-state index in [0.717, 1.165) is 24.8 Å². The van der Waals surface area contributed by atoms with Crippen LogP contribution in [0.15, 0.2) is 18.2 Å². The van der Waals surface area contributed by atoms with E-state index in [1.165, 1.54) is 7.11 Å². The van der Waals surface area contributed by atoms with Gasteiger partial charge < -0.3 is 21.3 Å². The normalized spacial score (nSPS) is 11.7. The zero-order valence-corrected chi connectivity index (χ0v) is 10.9. The van der Waals surface area contributed by atoms with E-state index in [4.69, 9.17) is 16.2 Å². The van der Waals surface area contributed by atoms with Crippen molar-refractivity contribution in [3.05, 3.63) is 23.8 Å². The maximum atomic E-state index is 9.61. The van der Waals surface area contributed by atoms with Crippen LogP contribution in [0, 0.1) is 0 Å². The molecule has 1 aromatic rings. The minimum atomic E-state index is -0.0524. The van der Waals surface area contributed by atoms with Crippen molar-refractivity contribution < 1.29 is 9.84 Å². The van der Waals surface area contributed by atoms with Crippen molar-refractivity contribution >= 4 is 12.4 Å². The molecule has 0 bridgehead atoms. The van der Waals surface area contributed by atoms with Gasteiger partial charge in [-0.25, -0.2) is 0 Å². The van der Waals surface area contributed by atoms with Gasteiger partial charge in [-0.1, -0.05) is 12.5 Å². The molecule has 0 aliphatic rings. The molecule has 0 spiro atoms. The summed E-state index contributed by atoms with van der Waals surface area (Å²) in [5, 5.41) is 9.61. The lowest BCUT2D eigenvalue weighted by atomic mass is 10.0. The Morgan fingerprint density at radius 2 is 2.06 bits per heavy atom. The van der Waals surface area contributed by atoms with Crippen LogP contribution >= 0.6 is 12.4 Å². The fourth-order valence-electron chi connectivity index (χ4n) is 1.61. The largest absolute Gasteiger partial charge is 0.504 e. The van der Waals surface area contributed by atoms with E-state index in [1.807, 2.05) is 6.07 Å².